The fraction of sp³-hybridized carbons (Fsp3) is 0.857. The van der Waals surface area contributed by atoms with Gasteiger partial charge in [0.25, 0.3) is 0 Å². The monoisotopic (exact) mass is 491 g/mol. The van der Waals surface area contributed by atoms with Crippen LogP contribution in [0.4, 0.5) is 4.79 Å². The van der Waals surface area contributed by atoms with Crippen molar-refractivity contribution >= 4 is 46.1 Å². The van der Waals surface area contributed by atoms with Gasteiger partial charge in [-0.1, -0.05) is 0 Å². The van der Waals surface area contributed by atoms with Gasteiger partial charge in [0.15, 0.2) is 5.96 Å². The van der Waals surface area contributed by atoms with E-state index < -0.39 is 10.0 Å². The summed E-state index contributed by atoms with van der Waals surface area (Å²) in [7, 11) is -1.50. The van der Waals surface area contributed by atoms with Gasteiger partial charge in [-0.3, -0.25) is 4.99 Å². The molecular formula is C14H30IN5O4S. The van der Waals surface area contributed by atoms with E-state index in [1.165, 1.54) is 0 Å². The number of piperidine rings is 1. The summed E-state index contributed by atoms with van der Waals surface area (Å²) >= 11 is 0. The highest BCUT2D eigenvalue weighted by atomic mass is 127. The Morgan fingerprint density at radius 2 is 1.88 bits per heavy atom. The molecule has 1 aliphatic heterocycles. The Bertz CT molecular complexity index is 521. The van der Waals surface area contributed by atoms with Crippen molar-refractivity contribution in [1.82, 2.24) is 20.3 Å². The van der Waals surface area contributed by atoms with Crippen molar-refractivity contribution in [3.63, 3.8) is 0 Å². The molecule has 148 valence electrons. The number of ether oxygens (including phenoxy) is 1. The predicted octanol–water partition coefficient (Wildman–Crippen LogP) is 0.330. The van der Waals surface area contributed by atoms with E-state index in [1.807, 2.05) is 0 Å². The highest BCUT2D eigenvalue weighted by Crippen LogP contribution is 2.11. The van der Waals surface area contributed by atoms with Crippen LogP contribution in [-0.2, 0) is 14.8 Å². The Kier molecular flexibility index (Phi) is 12.1. The molecular weight excluding hydrogens is 461 g/mol. The minimum atomic E-state index is -3.17. The number of halogens is 1. The SMILES string of the molecule is CCOC(=O)N1CCC(NC(=NC)NCCNS(=O)(=O)CC)CC1.I. The normalized spacial score (nSPS) is 16.1. The summed E-state index contributed by atoms with van der Waals surface area (Å²) in [6.45, 7) is 5.81. The maximum absolute atomic E-state index is 11.7. The van der Waals surface area contributed by atoms with E-state index in [9.17, 15) is 13.2 Å². The molecule has 0 aromatic carbocycles. The average Bonchev–Trinajstić information content (AvgIpc) is 2.58. The van der Waals surface area contributed by atoms with Crippen molar-refractivity contribution < 1.29 is 17.9 Å². The van der Waals surface area contributed by atoms with Crippen molar-refractivity contribution in [2.24, 2.45) is 4.99 Å². The molecule has 0 unspecified atom stereocenters. The van der Waals surface area contributed by atoms with Gasteiger partial charge in [0.2, 0.25) is 10.0 Å². The van der Waals surface area contributed by atoms with Gasteiger partial charge in [-0.15, -0.1) is 24.0 Å². The van der Waals surface area contributed by atoms with E-state index in [2.05, 4.69) is 20.3 Å². The van der Waals surface area contributed by atoms with Crippen molar-refractivity contribution in [2.45, 2.75) is 32.7 Å². The molecule has 0 radical (unpaired) electrons. The second kappa shape index (κ2) is 12.5. The van der Waals surface area contributed by atoms with Gasteiger partial charge in [-0.25, -0.2) is 17.9 Å². The smallest absolute Gasteiger partial charge is 0.409 e. The molecule has 0 saturated carbocycles. The number of hydrogen-bond acceptors (Lipinski definition) is 5. The fourth-order valence-corrected chi connectivity index (χ4v) is 2.92. The van der Waals surface area contributed by atoms with E-state index in [4.69, 9.17) is 4.74 Å². The van der Waals surface area contributed by atoms with Gasteiger partial charge >= 0.3 is 6.09 Å². The van der Waals surface area contributed by atoms with Crippen LogP contribution in [0.1, 0.15) is 26.7 Å². The van der Waals surface area contributed by atoms with Gasteiger partial charge in [-0.2, -0.15) is 0 Å². The number of amides is 1. The lowest BCUT2D eigenvalue weighted by Crippen LogP contribution is -2.50. The molecule has 3 N–H and O–H groups in total. The molecule has 1 amide bonds. The average molecular weight is 491 g/mol. The molecule has 0 aromatic rings. The third-order valence-corrected chi connectivity index (χ3v) is 5.11. The third kappa shape index (κ3) is 9.45. The molecule has 11 heteroatoms. The first-order chi connectivity index (χ1) is 11.4. The molecule has 0 bridgehead atoms. The number of nitrogens with zero attached hydrogens (tertiary/aromatic N) is 2. The standard InChI is InChI=1S/C14H29N5O4S.HI/c1-4-23-14(20)19-10-6-12(7-11-19)18-13(15-3)16-8-9-17-24(21,22)5-2;/h12,17H,4-11H2,1-3H3,(H2,15,16,18);1H. The van der Waals surface area contributed by atoms with Crippen LogP contribution in [0, 0.1) is 0 Å². The molecule has 9 nitrogen and oxygen atoms in total. The van der Waals surface area contributed by atoms with Gasteiger partial charge < -0.3 is 20.3 Å². The van der Waals surface area contributed by atoms with Crippen molar-refractivity contribution in [3.05, 3.63) is 0 Å². The van der Waals surface area contributed by atoms with E-state index in [-0.39, 0.29) is 41.9 Å². The number of carbonyl (C=O) groups excluding carboxylic acids is 1. The molecule has 0 atom stereocenters. The van der Waals surface area contributed by atoms with Crippen LogP contribution >= 0.6 is 24.0 Å². The Morgan fingerprint density at radius 3 is 2.40 bits per heavy atom. The van der Waals surface area contributed by atoms with Crippen molar-refractivity contribution in [3.8, 4) is 0 Å². The van der Waals surface area contributed by atoms with Gasteiger partial charge in [0.05, 0.1) is 12.4 Å². The summed E-state index contributed by atoms with van der Waals surface area (Å²) in [5.41, 5.74) is 0. The van der Waals surface area contributed by atoms with Gasteiger partial charge in [0, 0.05) is 39.3 Å². The summed E-state index contributed by atoms with van der Waals surface area (Å²) in [6, 6.07) is 0.217. The largest absolute Gasteiger partial charge is 0.450 e. The minimum Gasteiger partial charge on any atom is -0.450 e. The number of guanidine groups is 1. The molecule has 1 fully saturated rings. The first-order valence-electron chi connectivity index (χ1n) is 8.28. The summed E-state index contributed by atoms with van der Waals surface area (Å²) in [5.74, 6) is 0.694. The first-order valence-corrected chi connectivity index (χ1v) is 9.93. The Hall–Kier alpha value is -0.820. The first kappa shape index (κ1) is 24.2. The maximum Gasteiger partial charge on any atom is 0.409 e. The molecule has 0 spiro atoms. The zero-order valence-electron chi connectivity index (χ0n) is 15.1. The summed E-state index contributed by atoms with van der Waals surface area (Å²) in [6.07, 6.45) is 1.35. The van der Waals surface area contributed by atoms with Crippen LogP contribution in [0.15, 0.2) is 4.99 Å². The lowest BCUT2D eigenvalue weighted by molar-refractivity contribution is 0.0963. The van der Waals surface area contributed by atoms with E-state index in [1.54, 1.807) is 25.8 Å². The number of carbonyl (C=O) groups is 1. The molecule has 1 saturated heterocycles. The van der Waals surface area contributed by atoms with Gasteiger partial charge in [0.1, 0.15) is 0 Å². The Balaban J connectivity index is 0.00000576. The number of sulfonamides is 1. The summed E-state index contributed by atoms with van der Waals surface area (Å²) < 4.78 is 30.2. The summed E-state index contributed by atoms with van der Waals surface area (Å²) in [4.78, 5) is 17.5. The maximum atomic E-state index is 11.7. The van der Waals surface area contributed by atoms with Crippen LogP contribution in [0.25, 0.3) is 0 Å². The lowest BCUT2D eigenvalue weighted by Gasteiger charge is -2.32. The second-order valence-electron chi connectivity index (χ2n) is 5.40. The summed E-state index contributed by atoms with van der Waals surface area (Å²) in [5, 5.41) is 6.37. The highest BCUT2D eigenvalue weighted by Gasteiger charge is 2.23. The second-order valence-corrected chi connectivity index (χ2v) is 7.50. The third-order valence-electron chi connectivity index (χ3n) is 3.70. The quantitative estimate of drug-likeness (QED) is 0.205. The molecule has 1 rings (SSSR count). The van der Waals surface area contributed by atoms with Crippen molar-refractivity contribution in [2.75, 3.05) is 45.6 Å². The van der Waals surface area contributed by atoms with Crippen LogP contribution < -0.4 is 15.4 Å². The highest BCUT2D eigenvalue weighted by molar-refractivity contribution is 14.0. The van der Waals surface area contributed by atoms with E-state index >= 15 is 0 Å². The number of aliphatic imine (C=N–C) groups is 1. The van der Waals surface area contributed by atoms with E-state index in [0.29, 0.717) is 38.7 Å². The number of hydrogen-bond donors (Lipinski definition) is 3. The molecule has 0 aromatic heterocycles. The zero-order valence-corrected chi connectivity index (χ0v) is 18.2. The predicted molar refractivity (Wildman–Crippen MR) is 109 cm³/mol. The Morgan fingerprint density at radius 1 is 1.24 bits per heavy atom. The minimum absolute atomic E-state index is 0. The Labute approximate surface area is 167 Å². The lowest BCUT2D eigenvalue weighted by atomic mass is 10.1. The number of likely N-dealkylation sites (tertiary alicyclic amines) is 1. The van der Waals surface area contributed by atoms with Crippen LogP contribution in [0.2, 0.25) is 0 Å². The molecule has 1 aliphatic rings. The van der Waals surface area contributed by atoms with Crippen LogP contribution in [0.5, 0.6) is 0 Å². The van der Waals surface area contributed by atoms with Crippen LogP contribution in [-0.4, -0.2) is 77.0 Å². The number of rotatable bonds is 7. The van der Waals surface area contributed by atoms with Gasteiger partial charge in [-0.05, 0) is 26.7 Å². The molecule has 1 heterocycles. The topological polar surface area (TPSA) is 112 Å². The zero-order chi connectivity index (χ0) is 18.0. The molecule has 25 heavy (non-hydrogen) atoms. The van der Waals surface area contributed by atoms with Crippen molar-refractivity contribution in [1.29, 1.82) is 0 Å². The van der Waals surface area contributed by atoms with E-state index in [0.717, 1.165) is 12.8 Å². The number of nitrogens with one attached hydrogen (secondary N) is 3. The fourth-order valence-electron chi connectivity index (χ4n) is 2.30. The molecule has 0 aliphatic carbocycles. The van der Waals surface area contributed by atoms with Crippen LogP contribution in [0.3, 0.4) is 0 Å².